The molecule has 0 atom stereocenters. The average molecular weight is 185 g/mol. The molecular formula is C9H7N5. The number of fused-ring (bicyclic) bond motifs is 1. The molecule has 0 aliphatic rings. The van der Waals surface area contributed by atoms with Crippen LogP contribution < -0.4 is 0 Å². The van der Waals surface area contributed by atoms with E-state index in [0.29, 0.717) is 11.5 Å². The van der Waals surface area contributed by atoms with Crippen LogP contribution in [0.25, 0.3) is 22.6 Å². The predicted molar refractivity (Wildman–Crippen MR) is 51.5 cm³/mol. The molecule has 5 nitrogen and oxygen atoms in total. The SMILES string of the molecule is c1cc(-c2ncc3[nH]cnc3n2)c[nH]1. The average Bonchev–Trinajstić information content (AvgIpc) is 2.88. The van der Waals surface area contributed by atoms with Crippen molar-refractivity contribution in [3.05, 3.63) is 31.0 Å². The van der Waals surface area contributed by atoms with E-state index in [2.05, 4.69) is 24.9 Å². The summed E-state index contributed by atoms with van der Waals surface area (Å²) in [7, 11) is 0. The van der Waals surface area contributed by atoms with Crippen LogP contribution in [0, 0.1) is 0 Å². The highest BCUT2D eigenvalue weighted by Crippen LogP contribution is 2.14. The summed E-state index contributed by atoms with van der Waals surface area (Å²) < 4.78 is 0. The maximum Gasteiger partial charge on any atom is 0.181 e. The van der Waals surface area contributed by atoms with Crippen LogP contribution in [0.1, 0.15) is 0 Å². The Labute approximate surface area is 79.2 Å². The number of aromatic nitrogens is 5. The van der Waals surface area contributed by atoms with E-state index in [1.165, 1.54) is 0 Å². The van der Waals surface area contributed by atoms with Gasteiger partial charge < -0.3 is 9.97 Å². The third-order valence-electron chi connectivity index (χ3n) is 2.03. The fourth-order valence-electron chi connectivity index (χ4n) is 1.34. The first kappa shape index (κ1) is 7.25. The normalized spacial score (nSPS) is 10.9. The largest absolute Gasteiger partial charge is 0.367 e. The van der Waals surface area contributed by atoms with Crippen LogP contribution in [-0.4, -0.2) is 24.9 Å². The highest BCUT2D eigenvalue weighted by molar-refractivity contribution is 5.71. The minimum atomic E-state index is 0.686. The second kappa shape index (κ2) is 2.66. The van der Waals surface area contributed by atoms with Crippen LogP contribution in [0.5, 0.6) is 0 Å². The van der Waals surface area contributed by atoms with Crippen molar-refractivity contribution in [3.63, 3.8) is 0 Å². The van der Waals surface area contributed by atoms with Gasteiger partial charge in [0.05, 0.1) is 12.5 Å². The Morgan fingerprint density at radius 3 is 3.07 bits per heavy atom. The summed E-state index contributed by atoms with van der Waals surface area (Å²) in [5, 5.41) is 0. The van der Waals surface area contributed by atoms with E-state index in [9.17, 15) is 0 Å². The second-order valence-electron chi connectivity index (χ2n) is 2.93. The molecule has 0 bridgehead atoms. The third-order valence-corrected chi connectivity index (χ3v) is 2.03. The van der Waals surface area contributed by atoms with Gasteiger partial charge >= 0.3 is 0 Å². The molecule has 2 N–H and O–H groups in total. The van der Waals surface area contributed by atoms with E-state index in [0.717, 1.165) is 11.1 Å². The van der Waals surface area contributed by atoms with Crippen LogP contribution in [-0.2, 0) is 0 Å². The van der Waals surface area contributed by atoms with Crippen molar-refractivity contribution in [3.8, 4) is 11.4 Å². The highest BCUT2D eigenvalue weighted by Gasteiger charge is 2.03. The molecule has 3 heterocycles. The summed E-state index contributed by atoms with van der Waals surface area (Å²) in [4.78, 5) is 18.5. The number of nitrogens with zero attached hydrogens (tertiary/aromatic N) is 3. The van der Waals surface area contributed by atoms with Crippen LogP contribution in [0.15, 0.2) is 31.0 Å². The van der Waals surface area contributed by atoms with Crippen LogP contribution in [0.3, 0.4) is 0 Å². The lowest BCUT2D eigenvalue weighted by molar-refractivity contribution is 1.21. The van der Waals surface area contributed by atoms with E-state index in [1.54, 1.807) is 12.5 Å². The van der Waals surface area contributed by atoms with Gasteiger partial charge in [0.1, 0.15) is 5.52 Å². The minimum absolute atomic E-state index is 0.686. The number of hydrogen-bond donors (Lipinski definition) is 2. The van der Waals surface area contributed by atoms with E-state index in [-0.39, 0.29) is 0 Å². The van der Waals surface area contributed by atoms with Gasteiger partial charge in [-0.2, -0.15) is 0 Å². The lowest BCUT2D eigenvalue weighted by atomic mass is 10.3. The number of imidazole rings is 1. The maximum atomic E-state index is 4.30. The van der Waals surface area contributed by atoms with Crippen molar-refractivity contribution in [2.75, 3.05) is 0 Å². The van der Waals surface area contributed by atoms with Crippen LogP contribution in [0.4, 0.5) is 0 Å². The van der Waals surface area contributed by atoms with E-state index in [1.807, 2.05) is 18.5 Å². The smallest absolute Gasteiger partial charge is 0.181 e. The first-order chi connectivity index (χ1) is 6.93. The lowest BCUT2D eigenvalue weighted by Crippen LogP contribution is -1.87. The highest BCUT2D eigenvalue weighted by atomic mass is 15.0. The molecule has 0 aromatic carbocycles. The molecule has 0 unspecified atom stereocenters. The molecule has 14 heavy (non-hydrogen) atoms. The Bertz CT molecular complexity index is 551. The van der Waals surface area contributed by atoms with Gasteiger partial charge in [-0.15, -0.1) is 0 Å². The molecule has 68 valence electrons. The van der Waals surface area contributed by atoms with Gasteiger partial charge in [0.15, 0.2) is 11.5 Å². The van der Waals surface area contributed by atoms with Crippen molar-refractivity contribution in [1.29, 1.82) is 0 Å². The van der Waals surface area contributed by atoms with Crippen molar-refractivity contribution in [2.24, 2.45) is 0 Å². The zero-order valence-corrected chi connectivity index (χ0v) is 7.23. The quantitative estimate of drug-likeness (QED) is 0.601. The zero-order valence-electron chi connectivity index (χ0n) is 7.23. The van der Waals surface area contributed by atoms with Crippen molar-refractivity contribution in [1.82, 2.24) is 24.9 Å². The second-order valence-corrected chi connectivity index (χ2v) is 2.93. The molecule has 3 aromatic rings. The van der Waals surface area contributed by atoms with E-state index >= 15 is 0 Å². The van der Waals surface area contributed by atoms with Gasteiger partial charge in [-0.3, -0.25) is 0 Å². The van der Waals surface area contributed by atoms with Crippen molar-refractivity contribution >= 4 is 11.2 Å². The molecule has 0 spiro atoms. The molecular weight excluding hydrogens is 178 g/mol. The number of hydrogen-bond acceptors (Lipinski definition) is 3. The first-order valence-corrected chi connectivity index (χ1v) is 4.23. The summed E-state index contributed by atoms with van der Waals surface area (Å²) in [5.41, 5.74) is 2.51. The fraction of sp³-hybridized carbons (Fsp3) is 0. The topological polar surface area (TPSA) is 70.2 Å². The molecule has 0 aliphatic heterocycles. The summed E-state index contributed by atoms with van der Waals surface area (Å²) in [6.45, 7) is 0. The Morgan fingerprint density at radius 2 is 2.21 bits per heavy atom. The molecule has 0 radical (unpaired) electrons. The van der Waals surface area contributed by atoms with E-state index < -0.39 is 0 Å². The van der Waals surface area contributed by atoms with E-state index in [4.69, 9.17) is 0 Å². The Kier molecular flexibility index (Phi) is 1.38. The summed E-state index contributed by atoms with van der Waals surface area (Å²) in [6, 6.07) is 1.92. The Morgan fingerprint density at radius 1 is 1.21 bits per heavy atom. The van der Waals surface area contributed by atoms with Gasteiger partial charge in [-0.1, -0.05) is 0 Å². The number of H-pyrrole nitrogens is 2. The molecule has 0 fully saturated rings. The molecule has 0 amide bonds. The van der Waals surface area contributed by atoms with Gasteiger partial charge in [0.2, 0.25) is 0 Å². The first-order valence-electron chi connectivity index (χ1n) is 4.23. The fourth-order valence-corrected chi connectivity index (χ4v) is 1.34. The molecule has 0 saturated carbocycles. The van der Waals surface area contributed by atoms with Crippen LogP contribution >= 0.6 is 0 Å². The number of aromatic amines is 2. The van der Waals surface area contributed by atoms with Crippen LogP contribution in [0.2, 0.25) is 0 Å². The van der Waals surface area contributed by atoms with Crippen molar-refractivity contribution in [2.45, 2.75) is 0 Å². The standard InChI is InChI=1S/C9H7N5/c1-2-10-3-6(1)8-11-4-7-9(14-8)13-5-12-7/h1-5,10H,(H,11,12,13,14). The molecule has 5 heteroatoms. The molecule has 0 aliphatic carbocycles. The Balaban J connectivity index is 2.23. The maximum absolute atomic E-state index is 4.30. The predicted octanol–water partition coefficient (Wildman–Crippen LogP) is 1.35. The van der Waals surface area contributed by atoms with Crippen molar-refractivity contribution < 1.29 is 0 Å². The lowest BCUT2D eigenvalue weighted by Gasteiger charge is -1.94. The monoisotopic (exact) mass is 185 g/mol. The third kappa shape index (κ3) is 0.990. The molecule has 3 aromatic heterocycles. The zero-order chi connectivity index (χ0) is 9.38. The number of rotatable bonds is 1. The van der Waals surface area contributed by atoms with Gasteiger partial charge in [-0.05, 0) is 6.07 Å². The minimum Gasteiger partial charge on any atom is -0.367 e. The molecule has 0 saturated heterocycles. The van der Waals surface area contributed by atoms with Gasteiger partial charge in [0.25, 0.3) is 0 Å². The Hall–Kier alpha value is -2.17. The summed E-state index contributed by atoms with van der Waals surface area (Å²) in [5.74, 6) is 0.686. The van der Waals surface area contributed by atoms with Gasteiger partial charge in [-0.25, -0.2) is 15.0 Å². The molecule has 3 rings (SSSR count). The van der Waals surface area contributed by atoms with Gasteiger partial charge in [0, 0.05) is 18.0 Å². The summed E-state index contributed by atoms with van der Waals surface area (Å²) in [6.07, 6.45) is 7.04. The summed E-state index contributed by atoms with van der Waals surface area (Å²) >= 11 is 0. The number of nitrogens with one attached hydrogen (secondary N) is 2.